The highest BCUT2D eigenvalue weighted by atomic mass is 16.6. The zero-order valence-corrected chi connectivity index (χ0v) is 18.4. The average Bonchev–Trinajstić information content (AvgIpc) is 2.71. The first-order chi connectivity index (χ1) is 14.7. The molecule has 1 N–H and O–H groups in total. The minimum absolute atomic E-state index is 0.230. The van der Waals surface area contributed by atoms with Crippen LogP contribution in [0.25, 0.3) is 0 Å². The Hall–Kier alpha value is -2.57. The predicted molar refractivity (Wildman–Crippen MR) is 117 cm³/mol. The van der Waals surface area contributed by atoms with E-state index in [-0.39, 0.29) is 30.4 Å². The molecule has 2 aliphatic rings. The van der Waals surface area contributed by atoms with Crippen molar-refractivity contribution < 1.29 is 24.1 Å². The first-order valence-electron chi connectivity index (χ1n) is 10.8. The average molecular weight is 426 g/mol. The van der Waals surface area contributed by atoms with Gasteiger partial charge in [0.1, 0.15) is 18.0 Å². The number of ether oxygens (including phenoxy) is 3. The van der Waals surface area contributed by atoms with Crippen LogP contribution < -0.4 is 4.74 Å². The Morgan fingerprint density at radius 1 is 1.06 bits per heavy atom. The van der Waals surface area contributed by atoms with Crippen LogP contribution in [0.3, 0.4) is 0 Å². The minimum atomic E-state index is -1.02. The smallest absolute Gasteiger partial charge is 0.410 e. The Labute approximate surface area is 183 Å². The highest BCUT2D eigenvalue weighted by Gasteiger charge is 2.49. The summed E-state index contributed by atoms with van der Waals surface area (Å²) in [6.45, 7) is 7.03. The van der Waals surface area contributed by atoms with E-state index < -0.39 is 5.60 Å². The number of nitrogens with zero attached hydrogens (tertiary/aromatic N) is 1. The van der Waals surface area contributed by atoms with Crippen molar-refractivity contribution in [3.8, 4) is 5.75 Å². The zero-order chi connectivity index (χ0) is 22.1. The number of rotatable bonds is 4. The molecular weight excluding hydrogens is 394 g/mol. The van der Waals surface area contributed by atoms with Gasteiger partial charge in [0.25, 0.3) is 0 Å². The van der Waals surface area contributed by atoms with Crippen molar-refractivity contribution in [1.82, 2.24) is 4.90 Å². The van der Waals surface area contributed by atoms with E-state index >= 15 is 0 Å². The highest BCUT2D eigenvalue weighted by molar-refractivity contribution is 5.69. The van der Waals surface area contributed by atoms with Gasteiger partial charge >= 0.3 is 6.09 Å². The Kier molecular flexibility index (Phi) is 5.95. The molecule has 31 heavy (non-hydrogen) atoms. The van der Waals surface area contributed by atoms with Gasteiger partial charge in [-0.05, 0) is 44.0 Å². The van der Waals surface area contributed by atoms with E-state index in [4.69, 9.17) is 14.2 Å². The van der Waals surface area contributed by atoms with Crippen LogP contribution >= 0.6 is 0 Å². The van der Waals surface area contributed by atoms with Crippen LogP contribution in [0.1, 0.15) is 44.7 Å². The second kappa shape index (κ2) is 8.52. The van der Waals surface area contributed by atoms with E-state index in [1.807, 2.05) is 75.4 Å². The summed E-state index contributed by atoms with van der Waals surface area (Å²) in [5, 5.41) is 11.5. The van der Waals surface area contributed by atoms with Crippen LogP contribution in [0.2, 0.25) is 0 Å². The Morgan fingerprint density at radius 3 is 2.26 bits per heavy atom. The number of benzene rings is 2. The van der Waals surface area contributed by atoms with Gasteiger partial charge in [-0.25, -0.2) is 4.79 Å². The van der Waals surface area contributed by atoms with Crippen LogP contribution in [0.4, 0.5) is 4.79 Å². The molecule has 6 heteroatoms. The van der Waals surface area contributed by atoms with E-state index in [1.165, 1.54) is 0 Å². The molecule has 6 nitrogen and oxygen atoms in total. The molecule has 2 aliphatic heterocycles. The quantitative estimate of drug-likeness (QED) is 0.793. The number of amides is 1. The monoisotopic (exact) mass is 425 g/mol. The second-order valence-corrected chi connectivity index (χ2v) is 9.47. The third-order valence-corrected chi connectivity index (χ3v) is 5.79. The van der Waals surface area contributed by atoms with Crippen LogP contribution in [-0.2, 0) is 21.7 Å². The third-order valence-electron chi connectivity index (χ3n) is 5.79. The van der Waals surface area contributed by atoms with Gasteiger partial charge in [-0.1, -0.05) is 42.5 Å². The van der Waals surface area contributed by atoms with Crippen molar-refractivity contribution >= 4 is 6.09 Å². The Morgan fingerprint density at radius 2 is 1.68 bits per heavy atom. The molecule has 2 unspecified atom stereocenters. The molecule has 2 heterocycles. The number of fused-ring (bicyclic) bond motifs is 2. The van der Waals surface area contributed by atoms with Gasteiger partial charge < -0.3 is 19.3 Å². The molecular formula is C25H31NO5. The van der Waals surface area contributed by atoms with Crippen molar-refractivity contribution in [3.05, 3.63) is 65.7 Å². The fourth-order valence-electron chi connectivity index (χ4n) is 4.49. The molecule has 0 saturated carbocycles. The summed E-state index contributed by atoms with van der Waals surface area (Å²) in [5.74, 6) is 0.769. The standard InChI is InChI=1S/C25H31NO5/c1-24(2,3)31-22-11-9-19(10-12-22)25(28)13-20-16-29-17-21(14-25)26(20)23(27)30-15-18-7-5-4-6-8-18/h4-12,20-21,28H,13-17H2,1-3H3. The summed E-state index contributed by atoms with van der Waals surface area (Å²) in [6.07, 6.45) is 0.463. The largest absolute Gasteiger partial charge is 0.488 e. The van der Waals surface area contributed by atoms with Gasteiger partial charge in [-0.2, -0.15) is 0 Å². The molecule has 0 spiro atoms. The summed E-state index contributed by atoms with van der Waals surface area (Å²) in [4.78, 5) is 14.6. The molecule has 166 valence electrons. The molecule has 4 rings (SSSR count). The normalized spacial score (nSPS) is 25.7. The lowest BCUT2D eigenvalue weighted by molar-refractivity contribution is -0.136. The van der Waals surface area contributed by atoms with E-state index in [2.05, 4.69) is 0 Å². The van der Waals surface area contributed by atoms with Crippen LogP contribution in [0.15, 0.2) is 54.6 Å². The SMILES string of the molecule is CC(C)(C)Oc1ccc(C2(O)CC3COCC(C2)N3C(=O)OCc2ccccc2)cc1. The molecule has 1 amide bonds. The van der Waals surface area contributed by atoms with Gasteiger partial charge in [0, 0.05) is 12.8 Å². The summed E-state index contributed by atoms with van der Waals surface area (Å²) in [6, 6.07) is 16.8. The van der Waals surface area contributed by atoms with Gasteiger partial charge in [-0.15, -0.1) is 0 Å². The maximum atomic E-state index is 12.9. The Balaban J connectivity index is 1.45. The maximum absolute atomic E-state index is 12.9. The molecule has 2 atom stereocenters. The number of aliphatic hydroxyl groups is 1. The molecule has 2 fully saturated rings. The molecule has 0 radical (unpaired) electrons. The summed E-state index contributed by atoms with van der Waals surface area (Å²) >= 11 is 0. The molecule has 2 bridgehead atoms. The molecule has 2 aromatic carbocycles. The second-order valence-electron chi connectivity index (χ2n) is 9.47. The Bertz CT molecular complexity index is 876. The van der Waals surface area contributed by atoms with Crippen molar-refractivity contribution in [3.63, 3.8) is 0 Å². The highest BCUT2D eigenvalue weighted by Crippen LogP contribution is 2.41. The topological polar surface area (TPSA) is 68.2 Å². The number of piperidine rings is 1. The van der Waals surface area contributed by atoms with Gasteiger partial charge in [0.05, 0.1) is 30.9 Å². The number of carbonyl (C=O) groups excluding carboxylic acids is 1. The van der Waals surface area contributed by atoms with Gasteiger partial charge in [0.2, 0.25) is 0 Å². The van der Waals surface area contributed by atoms with E-state index in [9.17, 15) is 9.90 Å². The fraction of sp³-hybridized carbons (Fsp3) is 0.480. The molecule has 0 aliphatic carbocycles. The molecule has 2 saturated heterocycles. The lowest BCUT2D eigenvalue weighted by Crippen LogP contribution is -2.62. The number of hydrogen-bond donors (Lipinski definition) is 1. The summed E-state index contributed by atoms with van der Waals surface area (Å²) < 4.78 is 17.2. The first kappa shape index (κ1) is 21.7. The number of carbonyl (C=O) groups is 1. The van der Waals surface area contributed by atoms with E-state index in [1.54, 1.807) is 4.90 Å². The first-order valence-corrected chi connectivity index (χ1v) is 10.8. The van der Waals surface area contributed by atoms with Crippen LogP contribution in [-0.4, -0.2) is 47.0 Å². The predicted octanol–water partition coefficient (Wildman–Crippen LogP) is 4.25. The molecule has 2 aromatic rings. The minimum Gasteiger partial charge on any atom is -0.488 e. The van der Waals surface area contributed by atoms with Crippen LogP contribution in [0, 0.1) is 0 Å². The summed E-state index contributed by atoms with van der Waals surface area (Å²) in [7, 11) is 0. The van der Waals surface area contributed by atoms with Crippen molar-refractivity contribution in [2.24, 2.45) is 0 Å². The molecule has 0 aromatic heterocycles. The number of hydrogen-bond acceptors (Lipinski definition) is 5. The third kappa shape index (κ3) is 5.02. The van der Waals surface area contributed by atoms with E-state index in [0.29, 0.717) is 26.1 Å². The van der Waals surface area contributed by atoms with Crippen molar-refractivity contribution in [2.75, 3.05) is 13.2 Å². The van der Waals surface area contributed by atoms with Crippen LogP contribution in [0.5, 0.6) is 5.75 Å². The van der Waals surface area contributed by atoms with Gasteiger partial charge in [0.15, 0.2) is 0 Å². The lowest BCUT2D eigenvalue weighted by Gasteiger charge is -2.51. The number of morpholine rings is 1. The van der Waals surface area contributed by atoms with E-state index in [0.717, 1.165) is 16.9 Å². The van der Waals surface area contributed by atoms with Gasteiger partial charge in [-0.3, -0.25) is 4.90 Å². The van der Waals surface area contributed by atoms with Crippen molar-refractivity contribution in [1.29, 1.82) is 0 Å². The van der Waals surface area contributed by atoms with Crippen molar-refractivity contribution in [2.45, 2.75) is 63.5 Å². The zero-order valence-electron chi connectivity index (χ0n) is 18.4. The summed E-state index contributed by atoms with van der Waals surface area (Å²) in [5.41, 5.74) is 0.486. The lowest BCUT2D eigenvalue weighted by atomic mass is 9.77. The fourth-order valence-corrected chi connectivity index (χ4v) is 4.49. The maximum Gasteiger partial charge on any atom is 0.410 e.